The monoisotopic (exact) mass is 240 g/mol. The highest BCUT2D eigenvalue weighted by Crippen LogP contribution is 2.33. The normalized spacial score (nSPS) is 23.9. The maximum absolute atomic E-state index is 12.7. The van der Waals surface area contributed by atoms with Crippen LogP contribution in [0.2, 0.25) is 0 Å². The van der Waals surface area contributed by atoms with Crippen molar-refractivity contribution in [3.05, 3.63) is 0 Å². The molecular weight excluding hydrogens is 212 g/mol. The van der Waals surface area contributed by atoms with Crippen molar-refractivity contribution in [3.63, 3.8) is 0 Å². The van der Waals surface area contributed by atoms with E-state index in [1.54, 1.807) is 0 Å². The molecule has 1 aliphatic rings. The summed E-state index contributed by atoms with van der Waals surface area (Å²) in [6, 6.07) is 0. The molecule has 0 radical (unpaired) electrons. The van der Waals surface area contributed by atoms with Crippen molar-refractivity contribution >= 4 is 5.91 Å². The Morgan fingerprint density at radius 2 is 1.82 bits per heavy atom. The van der Waals surface area contributed by atoms with Gasteiger partial charge in [-0.15, -0.1) is 0 Å². The third kappa shape index (κ3) is 3.44. The van der Waals surface area contributed by atoms with Crippen LogP contribution in [0, 0.1) is 5.41 Å². The van der Waals surface area contributed by atoms with Gasteiger partial charge in [0.1, 0.15) is 0 Å². The molecule has 0 spiro atoms. The van der Waals surface area contributed by atoms with Crippen LogP contribution in [0.25, 0.3) is 0 Å². The number of rotatable bonds is 7. The van der Waals surface area contributed by atoms with Gasteiger partial charge in [-0.2, -0.15) is 0 Å². The summed E-state index contributed by atoms with van der Waals surface area (Å²) in [6.07, 6.45) is 5.26. The summed E-state index contributed by atoms with van der Waals surface area (Å²) >= 11 is 0. The molecule has 1 aliphatic heterocycles. The maximum atomic E-state index is 12.7. The van der Waals surface area contributed by atoms with Gasteiger partial charge in [0.05, 0.1) is 5.41 Å². The number of hydrogen-bond acceptors (Lipinski definition) is 2. The van der Waals surface area contributed by atoms with Crippen molar-refractivity contribution in [1.82, 2.24) is 10.2 Å². The highest BCUT2D eigenvalue weighted by Gasteiger charge is 2.42. The van der Waals surface area contributed by atoms with E-state index in [0.29, 0.717) is 5.91 Å². The summed E-state index contributed by atoms with van der Waals surface area (Å²) in [4.78, 5) is 14.8. The second-order valence-electron chi connectivity index (χ2n) is 5.25. The van der Waals surface area contributed by atoms with Crippen molar-refractivity contribution in [3.8, 4) is 0 Å². The van der Waals surface area contributed by atoms with Gasteiger partial charge in [0.2, 0.25) is 5.91 Å². The Hall–Kier alpha value is -0.570. The third-order valence-electron chi connectivity index (χ3n) is 3.70. The van der Waals surface area contributed by atoms with Gasteiger partial charge in [0, 0.05) is 19.6 Å². The SMILES string of the molecule is CCCN(CCC)C(=O)C1(CCC)CCNC1. The van der Waals surface area contributed by atoms with E-state index in [9.17, 15) is 4.79 Å². The largest absolute Gasteiger partial charge is 0.342 e. The predicted octanol–water partition coefficient (Wildman–Crippen LogP) is 2.41. The van der Waals surface area contributed by atoms with Crippen molar-refractivity contribution in [2.45, 2.75) is 52.9 Å². The lowest BCUT2D eigenvalue weighted by atomic mass is 9.81. The molecule has 0 aromatic heterocycles. The Bertz CT molecular complexity index is 228. The van der Waals surface area contributed by atoms with E-state index in [0.717, 1.165) is 58.3 Å². The molecule has 0 bridgehead atoms. The highest BCUT2D eigenvalue weighted by atomic mass is 16.2. The zero-order valence-electron chi connectivity index (χ0n) is 11.7. The molecule has 1 unspecified atom stereocenters. The molecule has 1 atom stereocenters. The summed E-state index contributed by atoms with van der Waals surface area (Å²) < 4.78 is 0. The van der Waals surface area contributed by atoms with Crippen LogP contribution in [0.4, 0.5) is 0 Å². The molecule has 1 fully saturated rings. The van der Waals surface area contributed by atoms with Gasteiger partial charge in [0.15, 0.2) is 0 Å². The molecule has 1 amide bonds. The molecule has 1 rings (SSSR count). The smallest absolute Gasteiger partial charge is 0.230 e. The summed E-state index contributed by atoms with van der Waals surface area (Å²) in [6.45, 7) is 10.2. The molecule has 0 aliphatic carbocycles. The molecule has 0 aromatic rings. The van der Waals surface area contributed by atoms with Crippen molar-refractivity contribution < 1.29 is 4.79 Å². The van der Waals surface area contributed by atoms with Gasteiger partial charge in [0.25, 0.3) is 0 Å². The first kappa shape index (κ1) is 14.5. The second kappa shape index (κ2) is 7.00. The van der Waals surface area contributed by atoms with E-state index in [1.807, 2.05) is 0 Å². The predicted molar refractivity (Wildman–Crippen MR) is 72.0 cm³/mol. The lowest BCUT2D eigenvalue weighted by Gasteiger charge is -2.33. The van der Waals surface area contributed by atoms with Crippen LogP contribution in [0.3, 0.4) is 0 Å². The van der Waals surface area contributed by atoms with Gasteiger partial charge in [-0.1, -0.05) is 27.2 Å². The minimum absolute atomic E-state index is 0.0981. The molecule has 0 saturated carbocycles. The first-order valence-electron chi connectivity index (χ1n) is 7.20. The summed E-state index contributed by atoms with van der Waals surface area (Å²) in [5, 5.41) is 3.37. The second-order valence-corrected chi connectivity index (χ2v) is 5.25. The van der Waals surface area contributed by atoms with Crippen LogP contribution in [0.15, 0.2) is 0 Å². The van der Waals surface area contributed by atoms with E-state index in [-0.39, 0.29) is 5.41 Å². The fourth-order valence-corrected chi connectivity index (χ4v) is 2.92. The van der Waals surface area contributed by atoms with Crippen molar-refractivity contribution in [2.75, 3.05) is 26.2 Å². The molecule has 3 heteroatoms. The minimum atomic E-state index is -0.0981. The van der Waals surface area contributed by atoms with E-state index in [1.165, 1.54) is 0 Å². The standard InChI is InChI=1S/C14H28N2O/c1-4-7-14(8-9-15-12-14)13(17)16(10-5-2)11-6-3/h15H,4-12H2,1-3H3. The highest BCUT2D eigenvalue weighted by molar-refractivity contribution is 5.83. The minimum Gasteiger partial charge on any atom is -0.342 e. The average Bonchev–Trinajstić information content (AvgIpc) is 2.78. The summed E-state index contributed by atoms with van der Waals surface area (Å²) in [5.74, 6) is 0.396. The van der Waals surface area contributed by atoms with Gasteiger partial charge in [-0.05, 0) is 32.2 Å². The van der Waals surface area contributed by atoms with Crippen LogP contribution in [-0.2, 0) is 4.79 Å². The number of carbonyl (C=O) groups excluding carboxylic acids is 1. The lowest BCUT2D eigenvalue weighted by Crippen LogP contribution is -2.46. The Morgan fingerprint density at radius 3 is 2.24 bits per heavy atom. The first-order valence-corrected chi connectivity index (χ1v) is 7.20. The van der Waals surface area contributed by atoms with E-state index < -0.39 is 0 Å². The first-order chi connectivity index (χ1) is 8.20. The van der Waals surface area contributed by atoms with E-state index >= 15 is 0 Å². The van der Waals surface area contributed by atoms with Gasteiger partial charge >= 0.3 is 0 Å². The van der Waals surface area contributed by atoms with Crippen molar-refractivity contribution in [2.24, 2.45) is 5.41 Å². The van der Waals surface area contributed by atoms with Gasteiger partial charge in [-0.25, -0.2) is 0 Å². The molecule has 1 saturated heterocycles. The van der Waals surface area contributed by atoms with E-state index in [4.69, 9.17) is 0 Å². The topological polar surface area (TPSA) is 32.3 Å². The Balaban J connectivity index is 2.73. The molecule has 17 heavy (non-hydrogen) atoms. The lowest BCUT2D eigenvalue weighted by molar-refractivity contribution is -0.141. The quantitative estimate of drug-likeness (QED) is 0.741. The number of hydrogen-bond donors (Lipinski definition) is 1. The zero-order valence-corrected chi connectivity index (χ0v) is 11.7. The molecule has 1 N–H and O–H groups in total. The zero-order chi connectivity index (χ0) is 12.7. The van der Waals surface area contributed by atoms with Crippen LogP contribution in [0.5, 0.6) is 0 Å². The molecule has 0 aromatic carbocycles. The number of carbonyl (C=O) groups is 1. The average molecular weight is 240 g/mol. The molecular formula is C14H28N2O. The third-order valence-corrected chi connectivity index (χ3v) is 3.70. The fourth-order valence-electron chi connectivity index (χ4n) is 2.92. The van der Waals surface area contributed by atoms with Crippen LogP contribution in [0.1, 0.15) is 52.9 Å². The number of amides is 1. The van der Waals surface area contributed by atoms with E-state index in [2.05, 4.69) is 31.0 Å². The van der Waals surface area contributed by atoms with Crippen LogP contribution < -0.4 is 5.32 Å². The number of nitrogens with zero attached hydrogens (tertiary/aromatic N) is 1. The summed E-state index contributed by atoms with van der Waals surface area (Å²) in [5.41, 5.74) is -0.0981. The van der Waals surface area contributed by atoms with Crippen LogP contribution in [-0.4, -0.2) is 37.0 Å². The summed E-state index contributed by atoms with van der Waals surface area (Å²) in [7, 11) is 0. The Labute approximate surface area is 106 Å². The van der Waals surface area contributed by atoms with Crippen LogP contribution >= 0.6 is 0 Å². The van der Waals surface area contributed by atoms with Gasteiger partial charge in [-0.3, -0.25) is 4.79 Å². The number of nitrogens with one attached hydrogen (secondary N) is 1. The van der Waals surface area contributed by atoms with Gasteiger partial charge < -0.3 is 10.2 Å². The molecule has 1 heterocycles. The maximum Gasteiger partial charge on any atom is 0.230 e. The Morgan fingerprint density at radius 1 is 1.18 bits per heavy atom. The Kier molecular flexibility index (Phi) is 5.96. The molecule has 100 valence electrons. The molecule has 3 nitrogen and oxygen atoms in total. The fraction of sp³-hybridized carbons (Fsp3) is 0.929. The van der Waals surface area contributed by atoms with Crippen molar-refractivity contribution in [1.29, 1.82) is 0 Å².